The van der Waals surface area contributed by atoms with Crippen LogP contribution in [0.25, 0.3) is 0 Å². The summed E-state index contributed by atoms with van der Waals surface area (Å²) in [7, 11) is 0. The average molecular weight is 319 g/mol. The Labute approximate surface area is 139 Å². The number of aryl methyl sites for hydroxylation is 2. The quantitative estimate of drug-likeness (QED) is 0.845. The number of aliphatic hydroxyl groups excluding tert-OH is 1. The highest BCUT2D eigenvalue weighted by molar-refractivity contribution is 5.66. The number of aliphatic hydroxyl groups is 1. The number of aliphatic carboxylic acids is 1. The smallest absolute Gasteiger partial charge is 0.303 e. The minimum Gasteiger partial charge on any atom is -0.481 e. The lowest BCUT2D eigenvalue weighted by Gasteiger charge is -2.33. The standard InChI is InChI=1S/C19H29NO3/c1-13-9-14(2)18(12-21)15(3)17(13)11-20-8-4-5-16(10-20)6-7-19(22)23/h9,16,21H,4-8,10-12H2,1-3H3,(H,22,23)/t16-/m0/s1. The number of rotatable bonds is 6. The number of carboxylic acids is 1. The van der Waals surface area contributed by atoms with E-state index in [1.54, 1.807) is 0 Å². The molecule has 1 saturated heterocycles. The fourth-order valence-corrected chi connectivity index (χ4v) is 3.84. The van der Waals surface area contributed by atoms with Crippen molar-refractivity contribution in [1.82, 2.24) is 4.90 Å². The van der Waals surface area contributed by atoms with Crippen molar-refractivity contribution in [3.05, 3.63) is 33.9 Å². The molecule has 0 aromatic heterocycles. The summed E-state index contributed by atoms with van der Waals surface area (Å²) < 4.78 is 0. The van der Waals surface area contributed by atoms with Gasteiger partial charge in [0.25, 0.3) is 0 Å². The molecule has 0 bridgehead atoms. The molecule has 128 valence electrons. The van der Waals surface area contributed by atoms with Gasteiger partial charge >= 0.3 is 5.97 Å². The second kappa shape index (κ2) is 7.93. The van der Waals surface area contributed by atoms with Crippen molar-refractivity contribution in [3.8, 4) is 0 Å². The van der Waals surface area contributed by atoms with Crippen molar-refractivity contribution < 1.29 is 15.0 Å². The highest BCUT2D eigenvalue weighted by Crippen LogP contribution is 2.27. The van der Waals surface area contributed by atoms with Gasteiger partial charge in [0, 0.05) is 19.5 Å². The summed E-state index contributed by atoms with van der Waals surface area (Å²) in [6.45, 7) is 9.34. The molecule has 1 aliphatic heterocycles. The van der Waals surface area contributed by atoms with Crippen LogP contribution in [0.15, 0.2) is 6.07 Å². The summed E-state index contributed by atoms with van der Waals surface area (Å²) >= 11 is 0. The van der Waals surface area contributed by atoms with Gasteiger partial charge in [0.15, 0.2) is 0 Å². The second-order valence-electron chi connectivity index (χ2n) is 6.93. The molecule has 4 heteroatoms. The molecule has 0 unspecified atom stereocenters. The number of nitrogens with zero attached hydrogens (tertiary/aromatic N) is 1. The maximum absolute atomic E-state index is 10.8. The third-order valence-electron chi connectivity index (χ3n) is 5.20. The summed E-state index contributed by atoms with van der Waals surface area (Å²) in [6.07, 6.45) is 3.33. The van der Waals surface area contributed by atoms with Crippen LogP contribution in [0.2, 0.25) is 0 Å². The molecule has 2 N–H and O–H groups in total. The number of hydrogen-bond acceptors (Lipinski definition) is 3. The van der Waals surface area contributed by atoms with Crippen molar-refractivity contribution in [3.63, 3.8) is 0 Å². The van der Waals surface area contributed by atoms with E-state index in [-0.39, 0.29) is 13.0 Å². The van der Waals surface area contributed by atoms with Crippen LogP contribution >= 0.6 is 0 Å². The van der Waals surface area contributed by atoms with E-state index < -0.39 is 5.97 Å². The van der Waals surface area contributed by atoms with Crippen LogP contribution in [0, 0.1) is 26.7 Å². The molecule has 0 spiro atoms. The number of carboxylic acid groups (broad SMARTS) is 1. The van der Waals surface area contributed by atoms with Crippen molar-refractivity contribution in [2.45, 2.75) is 59.6 Å². The van der Waals surface area contributed by atoms with E-state index in [1.165, 1.54) is 16.7 Å². The molecule has 1 aromatic rings. The van der Waals surface area contributed by atoms with Gasteiger partial charge in [-0.25, -0.2) is 0 Å². The van der Waals surface area contributed by atoms with Gasteiger partial charge in [-0.2, -0.15) is 0 Å². The molecule has 0 radical (unpaired) electrons. The highest BCUT2D eigenvalue weighted by Gasteiger charge is 2.22. The number of benzene rings is 1. The molecule has 1 fully saturated rings. The first-order valence-electron chi connectivity index (χ1n) is 8.56. The summed E-state index contributed by atoms with van der Waals surface area (Å²) in [6, 6.07) is 2.17. The summed E-state index contributed by atoms with van der Waals surface area (Å²) in [5.41, 5.74) is 6.01. The van der Waals surface area contributed by atoms with Crippen LogP contribution in [0.1, 0.15) is 53.5 Å². The van der Waals surface area contributed by atoms with Crippen LogP contribution in [0.3, 0.4) is 0 Å². The summed E-state index contributed by atoms with van der Waals surface area (Å²) in [4.78, 5) is 13.2. The van der Waals surface area contributed by atoms with Gasteiger partial charge in [-0.3, -0.25) is 9.69 Å². The molecule has 4 nitrogen and oxygen atoms in total. The zero-order chi connectivity index (χ0) is 17.0. The Morgan fingerprint density at radius 2 is 1.96 bits per heavy atom. The van der Waals surface area contributed by atoms with Crippen LogP contribution < -0.4 is 0 Å². The molecule has 1 aromatic carbocycles. The number of carbonyl (C=O) groups is 1. The predicted octanol–water partition coefficient (Wildman–Crippen LogP) is 3.18. The van der Waals surface area contributed by atoms with Gasteiger partial charge in [-0.05, 0) is 80.3 Å². The Kier molecular flexibility index (Phi) is 6.19. The lowest BCUT2D eigenvalue weighted by molar-refractivity contribution is -0.137. The topological polar surface area (TPSA) is 60.8 Å². The van der Waals surface area contributed by atoms with Crippen LogP contribution in [-0.2, 0) is 17.9 Å². The van der Waals surface area contributed by atoms with Crippen molar-refractivity contribution in [2.24, 2.45) is 5.92 Å². The van der Waals surface area contributed by atoms with E-state index in [2.05, 4.69) is 31.7 Å². The molecule has 2 rings (SSSR count). The highest BCUT2D eigenvalue weighted by atomic mass is 16.4. The Hall–Kier alpha value is -1.39. The first-order valence-corrected chi connectivity index (χ1v) is 8.56. The maximum atomic E-state index is 10.8. The molecular weight excluding hydrogens is 290 g/mol. The third kappa shape index (κ3) is 4.55. The number of likely N-dealkylation sites (tertiary alicyclic amines) is 1. The van der Waals surface area contributed by atoms with E-state index in [0.29, 0.717) is 5.92 Å². The lowest BCUT2D eigenvalue weighted by Crippen LogP contribution is -2.35. The van der Waals surface area contributed by atoms with Gasteiger partial charge in [-0.15, -0.1) is 0 Å². The summed E-state index contributed by atoms with van der Waals surface area (Å²) in [5, 5.41) is 18.5. The van der Waals surface area contributed by atoms with Gasteiger partial charge in [0.1, 0.15) is 0 Å². The Balaban J connectivity index is 2.08. The van der Waals surface area contributed by atoms with E-state index >= 15 is 0 Å². The number of piperidine rings is 1. The maximum Gasteiger partial charge on any atom is 0.303 e. The first kappa shape index (κ1) is 18.0. The normalized spacial score (nSPS) is 19.0. The van der Waals surface area contributed by atoms with Crippen LogP contribution in [0.4, 0.5) is 0 Å². The molecule has 0 amide bonds. The third-order valence-corrected chi connectivity index (χ3v) is 5.20. The van der Waals surface area contributed by atoms with Crippen molar-refractivity contribution >= 4 is 5.97 Å². The zero-order valence-electron chi connectivity index (χ0n) is 14.6. The van der Waals surface area contributed by atoms with Crippen LogP contribution in [0.5, 0.6) is 0 Å². The van der Waals surface area contributed by atoms with E-state index in [0.717, 1.165) is 50.0 Å². The molecule has 0 aliphatic carbocycles. The van der Waals surface area contributed by atoms with Crippen LogP contribution in [-0.4, -0.2) is 34.2 Å². The minimum absolute atomic E-state index is 0.0895. The molecule has 1 heterocycles. The molecule has 23 heavy (non-hydrogen) atoms. The number of hydrogen-bond donors (Lipinski definition) is 2. The molecule has 1 aliphatic rings. The first-order chi connectivity index (χ1) is 10.9. The van der Waals surface area contributed by atoms with E-state index in [9.17, 15) is 9.90 Å². The van der Waals surface area contributed by atoms with E-state index in [1.807, 2.05) is 0 Å². The van der Waals surface area contributed by atoms with Gasteiger partial charge in [0.2, 0.25) is 0 Å². The SMILES string of the molecule is Cc1cc(C)c(CN2CCC[C@@H](CCC(=O)O)C2)c(C)c1CO. The second-order valence-corrected chi connectivity index (χ2v) is 6.93. The molecular formula is C19H29NO3. The fourth-order valence-electron chi connectivity index (χ4n) is 3.84. The summed E-state index contributed by atoms with van der Waals surface area (Å²) in [5.74, 6) is -0.205. The monoisotopic (exact) mass is 319 g/mol. The largest absolute Gasteiger partial charge is 0.481 e. The Bertz CT molecular complexity index is 568. The molecule has 1 atom stereocenters. The van der Waals surface area contributed by atoms with Gasteiger partial charge < -0.3 is 10.2 Å². The lowest BCUT2D eigenvalue weighted by atomic mass is 9.90. The minimum atomic E-state index is -0.695. The van der Waals surface area contributed by atoms with Gasteiger partial charge in [-0.1, -0.05) is 6.07 Å². The van der Waals surface area contributed by atoms with Crippen molar-refractivity contribution in [1.29, 1.82) is 0 Å². The van der Waals surface area contributed by atoms with Gasteiger partial charge in [0.05, 0.1) is 6.61 Å². The van der Waals surface area contributed by atoms with Crippen molar-refractivity contribution in [2.75, 3.05) is 13.1 Å². The fraction of sp³-hybridized carbons (Fsp3) is 0.632. The zero-order valence-corrected chi connectivity index (χ0v) is 14.6. The van der Waals surface area contributed by atoms with E-state index in [4.69, 9.17) is 5.11 Å². The predicted molar refractivity (Wildman–Crippen MR) is 91.4 cm³/mol. The molecule has 0 saturated carbocycles. The Morgan fingerprint density at radius 3 is 2.61 bits per heavy atom. The Morgan fingerprint density at radius 1 is 1.26 bits per heavy atom. The average Bonchev–Trinajstić information content (AvgIpc) is 2.50.